The number of anilines is 1. The molecule has 0 fully saturated rings. The van der Waals surface area contributed by atoms with Gasteiger partial charge in [0.1, 0.15) is 5.75 Å². The molecule has 24 heavy (non-hydrogen) atoms. The molecule has 0 aliphatic rings. The molecule has 3 rings (SSSR count). The van der Waals surface area contributed by atoms with Crippen molar-refractivity contribution < 1.29 is 9.53 Å². The topological polar surface area (TPSA) is 69.0 Å². The normalized spacial score (nSPS) is 10.4. The Labute approximate surface area is 148 Å². The van der Waals surface area contributed by atoms with Gasteiger partial charge in [-0.3, -0.25) is 4.79 Å². The number of aromatic nitrogens is 3. The maximum Gasteiger partial charge on any atom is 0.262 e. The quantitative estimate of drug-likeness (QED) is 0.752. The summed E-state index contributed by atoms with van der Waals surface area (Å²) in [6.45, 7) is -0.215. The number of halogens is 2. The third kappa shape index (κ3) is 3.84. The molecule has 6 nitrogen and oxygen atoms in total. The van der Waals surface area contributed by atoms with Gasteiger partial charge in [-0.15, -0.1) is 0 Å². The molecule has 0 bridgehead atoms. The second kappa shape index (κ2) is 7.33. The van der Waals surface area contributed by atoms with Crippen LogP contribution in [-0.4, -0.2) is 27.3 Å². The monoisotopic (exact) mass is 362 g/mol. The average Bonchev–Trinajstić information content (AvgIpc) is 3.10. The van der Waals surface area contributed by atoms with E-state index in [2.05, 4.69) is 15.4 Å². The fourth-order valence-electron chi connectivity index (χ4n) is 1.99. The first kappa shape index (κ1) is 16.3. The van der Waals surface area contributed by atoms with E-state index in [9.17, 15) is 4.79 Å². The van der Waals surface area contributed by atoms with Gasteiger partial charge in [-0.2, -0.15) is 5.10 Å². The van der Waals surface area contributed by atoms with Crippen molar-refractivity contribution in [2.45, 2.75) is 0 Å². The molecule has 0 saturated heterocycles. The zero-order chi connectivity index (χ0) is 16.9. The number of pyridine rings is 1. The molecule has 0 aliphatic carbocycles. The van der Waals surface area contributed by atoms with Crippen molar-refractivity contribution in [3.05, 3.63) is 65.0 Å². The smallest absolute Gasteiger partial charge is 0.262 e. The van der Waals surface area contributed by atoms with Gasteiger partial charge in [0.25, 0.3) is 5.91 Å². The van der Waals surface area contributed by atoms with Crippen molar-refractivity contribution in [2.75, 3.05) is 11.9 Å². The fourth-order valence-corrected chi connectivity index (χ4v) is 2.32. The molecule has 0 radical (unpaired) electrons. The number of nitrogens with zero attached hydrogens (tertiary/aromatic N) is 3. The van der Waals surface area contributed by atoms with E-state index >= 15 is 0 Å². The van der Waals surface area contributed by atoms with Gasteiger partial charge < -0.3 is 10.1 Å². The van der Waals surface area contributed by atoms with E-state index in [0.29, 0.717) is 27.3 Å². The van der Waals surface area contributed by atoms with Crippen LogP contribution in [0.4, 0.5) is 5.69 Å². The van der Waals surface area contributed by atoms with Crippen molar-refractivity contribution >= 4 is 34.8 Å². The minimum Gasteiger partial charge on any atom is -0.482 e. The molecular weight excluding hydrogens is 351 g/mol. The maximum atomic E-state index is 12.1. The maximum absolute atomic E-state index is 12.1. The van der Waals surface area contributed by atoms with Gasteiger partial charge in [-0.25, -0.2) is 9.67 Å². The minimum absolute atomic E-state index is 0.215. The molecular formula is C16H12Cl2N4O2. The summed E-state index contributed by atoms with van der Waals surface area (Å²) in [6.07, 6.45) is 4.99. The first-order valence-electron chi connectivity index (χ1n) is 6.96. The van der Waals surface area contributed by atoms with Crippen LogP contribution in [-0.2, 0) is 4.79 Å². The molecule has 3 aromatic rings. The van der Waals surface area contributed by atoms with E-state index in [0.717, 1.165) is 0 Å². The summed E-state index contributed by atoms with van der Waals surface area (Å²) >= 11 is 11.9. The van der Waals surface area contributed by atoms with Crippen LogP contribution in [0.5, 0.6) is 5.75 Å². The lowest BCUT2D eigenvalue weighted by Crippen LogP contribution is -2.21. The van der Waals surface area contributed by atoms with Crippen LogP contribution in [0, 0.1) is 0 Å². The van der Waals surface area contributed by atoms with Crippen molar-refractivity contribution in [3.8, 4) is 11.6 Å². The summed E-state index contributed by atoms with van der Waals surface area (Å²) < 4.78 is 6.97. The molecule has 0 atom stereocenters. The molecule has 8 heteroatoms. The zero-order valence-electron chi connectivity index (χ0n) is 12.3. The van der Waals surface area contributed by atoms with Crippen LogP contribution in [0.15, 0.2) is 55.0 Å². The lowest BCUT2D eigenvalue weighted by molar-refractivity contribution is -0.118. The van der Waals surface area contributed by atoms with E-state index < -0.39 is 0 Å². The van der Waals surface area contributed by atoms with Gasteiger partial charge in [0.05, 0.1) is 10.7 Å². The molecule has 0 aliphatic heterocycles. The second-order valence-corrected chi connectivity index (χ2v) is 5.58. The number of hydrogen-bond acceptors (Lipinski definition) is 4. The number of hydrogen-bond donors (Lipinski definition) is 1. The van der Waals surface area contributed by atoms with Gasteiger partial charge in [0.15, 0.2) is 12.4 Å². The van der Waals surface area contributed by atoms with Gasteiger partial charge >= 0.3 is 0 Å². The Kier molecular flexibility index (Phi) is 4.98. The molecule has 2 aromatic heterocycles. The van der Waals surface area contributed by atoms with Crippen molar-refractivity contribution in [1.29, 1.82) is 0 Å². The summed E-state index contributed by atoms with van der Waals surface area (Å²) in [5, 5.41) is 7.70. The van der Waals surface area contributed by atoms with Gasteiger partial charge in [-0.1, -0.05) is 23.2 Å². The van der Waals surface area contributed by atoms with Crippen molar-refractivity contribution in [1.82, 2.24) is 14.8 Å². The van der Waals surface area contributed by atoms with E-state index in [4.69, 9.17) is 27.9 Å². The Balaban J connectivity index is 1.69. The van der Waals surface area contributed by atoms with E-state index in [1.807, 2.05) is 0 Å². The number of rotatable bonds is 5. The van der Waals surface area contributed by atoms with Gasteiger partial charge in [-0.05, 0) is 30.3 Å². The second-order valence-electron chi connectivity index (χ2n) is 4.74. The summed E-state index contributed by atoms with van der Waals surface area (Å²) in [4.78, 5) is 16.4. The first-order valence-corrected chi connectivity index (χ1v) is 7.72. The predicted octanol–water partition coefficient (Wildman–Crippen LogP) is 3.59. The van der Waals surface area contributed by atoms with Crippen LogP contribution in [0.1, 0.15) is 0 Å². The molecule has 1 N–H and O–H groups in total. The predicted molar refractivity (Wildman–Crippen MR) is 91.9 cm³/mol. The lowest BCUT2D eigenvalue weighted by Gasteiger charge is -2.11. The number of carbonyl (C=O) groups is 1. The third-order valence-electron chi connectivity index (χ3n) is 3.03. The fraction of sp³-hybridized carbons (Fsp3) is 0.0625. The summed E-state index contributed by atoms with van der Waals surface area (Å²) in [5.41, 5.74) is 0.520. The number of amides is 1. The average molecular weight is 363 g/mol. The van der Waals surface area contributed by atoms with Crippen molar-refractivity contribution in [3.63, 3.8) is 0 Å². The molecule has 1 amide bonds. The molecule has 2 heterocycles. The third-order valence-corrected chi connectivity index (χ3v) is 3.58. The highest BCUT2D eigenvalue weighted by atomic mass is 35.5. The van der Waals surface area contributed by atoms with Crippen LogP contribution in [0.25, 0.3) is 5.82 Å². The number of nitrogens with one attached hydrogen (secondary N) is 1. The number of benzene rings is 1. The van der Waals surface area contributed by atoms with Crippen LogP contribution in [0.2, 0.25) is 10.0 Å². The molecule has 0 spiro atoms. The summed E-state index contributed by atoms with van der Waals surface area (Å²) in [7, 11) is 0. The van der Waals surface area contributed by atoms with E-state index in [-0.39, 0.29) is 12.5 Å². The Hall–Kier alpha value is -2.57. The lowest BCUT2D eigenvalue weighted by atomic mass is 10.3. The van der Waals surface area contributed by atoms with Gasteiger partial charge in [0.2, 0.25) is 0 Å². The number of ether oxygens (including phenoxy) is 1. The first-order chi connectivity index (χ1) is 11.6. The summed E-state index contributed by atoms with van der Waals surface area (Å²) in [5.74, 6) is 0.502. The van der Waals surface area contributed by atoms with E-state index in [1.54, 1.807) is 59.7 Å². The van der Waals surface area contributed by atoms with Crippen molar-refractivity contribution in [2.24, 2.45) is 0 Å². The highest BCUT2D eigenvalue weighted by Gasteiger charge is 2.11. The number of carbonyl (C=O) groups excluding carboxylic acids is 1. The Morgan fingerprint density at radius 3 is 2.88 bits per heavy atom. The van der Waals surface area contributed by atoms with E-state index in [1.165, 1.54) is 0 Å². The molecule has 122 valence electrons. The van der Waals surface area contributed by atoms with Crippen LogP contribution >= 0.6 is 23.2 Å². The summed E-state index contributed by atoms with van der Waals surface area (Å²) in [6, 6.07) is 10.0. The molecule has 1 aromatic carbocycles. The Bertz CT molecular complexity index is 853. The largest absolute Gasteiger partial charge is 0.482 e. The Morgan fingerprint density at radius 1 is 1.21 bits per heavy atom. The standard InChI is InChI=1S/C16H12Cl2N4O2/c17-11-4-5-12(18)14(9-11)24-10-15(23)21-13-3-1-6-19-16(13)22-8-2-7-20-22/h1-9H,10H2,(H,21,23). The SMILES string of the molecule is O=C(COc1cc(Cl)ccc1Cl)Nc1cccnc1-n1cccn1. The molecule has 0 saturated carbocycles. The van der Waals surface area contributed by atoms with Crippen LogP contribution < -0.4 is 10.1 Å². The Morgan fingerprint density at radius 2 is 2.08 bits per heavy atom. The highest BCUT2D eigenvalue weighted by Crippen LogP contribution is 2.27. The zero-order valence-corrected chi connectivity index (χ0v) is 13.8. The minimum atomic E-state index is -0.354. The van der Waals surface area contributed by atoms with Gasteiger partial charge in [0, 0.05) is 29.7 Å². The molecule has 0 unspecified atom stereocenters. The van der Waals surface area contributed by atoms with Crippen LogP contribution in [0.3, 0.4) is 0 Å². The highest BCUT2D eigenvalue weighted by molar-refractivity contribution is 6.34.